The zero-order chi connectivity index (χ0) is 11.7. The number of nitrogens with zero attached hydrogens (tertiary/aromatic N) is 1. The van der Waals surface area contributed by atoms with Crippen molar-refractivity contribution in [1.82, 2.24) is 10.2 Å². The van der Waals surface area contributed by atoms with Crippen molar-refractivity contribution >= 4 is 5.91 Å². The summed E-state index contributed by atoms with van der Waals surface area (Å²) in [5.41, 5.74) is 0. The maximum Gasteiger partial charge on any atom is 0.236 e. The molecular weight excluding hydrogens is 192 g/mol. The fourth-order valence-corrected chi connectivity index (χ4v) is 1.53. The average molecular weight is 216 g/mol. The van der Waals surface area contributed by atoms with Crippen LogP contribution in [0, 0.1) is 0 Å². The Morgan fingerprint density at radius 1 is 1.40 bits per heavy atom. The van der Waals surface area contributed by atoms with Crippen molar-refractivity contribution in [3.63, 3.8) is 0 Å². The second-order valence-corrected chi connectivity index (χ2v) is 3.64. The molecule has 1 amide bonds. The second kappa shape index (κ2) is 8.68. The third-order valence-corrected chi connectivity index (χ3v) is 2.64. The molecule has 0 spiro atoms. The molecule has 0 heterocycles. The molecule has 0 aromatic heterocycles. The first-order chi connectivity index (χ1) is 7.17. The first-order valence-electron chi connectivity index (χ1n) is 5.62. The van der Waals surface area contributed by atoms with Crippen LogP contribution in [0.5, 0.6) is 0 Å². The number of rotatable bonds is 8. The summed E-state index contributed by atoms with van der Waals surface area (Å²) in [5.74, 6) is 0.153. The van der Waals surface area contributed by atoms with Crippen LogP contribution in [-0.2, 0) is 9.53 Å². The van der Waals surface area contributed by atoms with Crippen molar-refractivity contribution in [2.24, 2.45) is 0 Å². The number of amides is 1. The van der Waals surface area contributed by atoms with Crippen LogP contribution < -0.4 is 5.32 Å². The molecule has 4 heteroatoms. The Bertz CT molecular complexity index is 170. The largest absolute Gasteiger partial charge is 0.383 e. The third-order valence-electron chi connectivity index (χ3n) is 2.64. The standard InChI is InChI=1S/C11H24N2O2/c1-5-10(6-2)13(3)11(14)9-12-7-8-15-4/h10,12H,5-9H2,1-4H3. The average Bonchev–Trinajstić information content (AvgIpc) is 2.25. The van der Waals surface area contributed by atoms with Crippen molar-refractivity contribution < 1.29 is 9.53 Å². The smallest absolute Gasteiger partial charge is 0.236 e. The Kier molecular flexibility index (Phi) is 8.33. The van der Waals surface area contributed by atoms with Gasteiger partial charge in [0.1, 0.15) is 0 Å². The van der Waals surface area contributed by atoms with Gasteiger partial charge in [0.25, 0.3) is 0 Å². The Labute approximate surface area is 93.0 Å². The second-order valence-electron chi connectivity index (χ2n) is 3.64. The van der Waals surface area contributed by atoms with Gasteiger partial charge >= 0.3 is 0 Å². The molecule has 0 atom stereocenters. The lowest BCUT2D eigenvalue weighted by Gasteiger charge is -2.26. The molecule has 90 valence electrons. The minimum absolute atomic E-state index is 0.153. The quantitative estimate of drug-likeness (QED) is 0.612. The van der Waals surface area contributed by atoms with Crippen molar-refractivity contribution in [3.8, 4) is 0 Å². The molecule has 0 aliphatic carbocycles. The van der Waals surface area contributed by atoms with E-state index in [0.717, 1.165) is 19.4 Å². The van der Waals surface area contributed by atoms with Crippen LogP contribution in [0.2, 0.25) is 0 Å². The molecule has 0 aromatic carbocycles. The van der Waals surface area contributed by atoms with E-state index in [1.54, 1.807) is 7.11 Å². The molecule has 0 aliphatic rings. The summed E-state index contributed by atoms with van der Waals surface area (Å²) in [6.07, 6.45) is 2.02. The summed E-state index contributed by atoms with van der Waals surface area (Å²) in [7, 11) is 3.53. The fraction of sp³-hybridized carbons (Fsp3) is 0.909. The van der Waals surface area contributed by atoms with E-state index in [9.17, 15) is 4.79 Å². The lowest BCUT2D eigenvalue weighted by atomic mass is 10.1. The third kappa shape index (κ3) is 5.74. The van der Waals surface area contributed by atoms with Gasteiger partial charge in [-0.3, -0.25) is 4.79 Å². The summed E-state index contributed by atoms with van der Waals surface area (Å²) < 4.78 is 4.89. The van der Waals surface area contributed by atoms with Crippen molar-refractivity contribution in [3.05, 3.63) is 0 Å². The molecule has 0 aromatic rings. The van der Waals surface area contributed by atoms with Crippen molar-refractivity contribution in [2.45, 2.75) is 32.7 Å². The van der Waals surface area contributed by atoms with E-state index in [0.29, 0.717) is 19.2 Å². The van der Waals surface area contributed by atoms with Gasteiger partial charge in [-0.25, -0.2) is 0 Å². The Morgan fingerprint density at radius 2 is 2.00 bits per heavy atom. The predicted octanol–water partition coefficient (Wildman–Crippen LogP) is 0.869. The summed E-state index contributed by atoms with van der Waals surface area (Å²) in [5, 5.41) is 3.05. The predicted molar refractivity (Wildman–Crippen MR) is 61.9 cm³/mol. The first-order valence-corrected chi connectivity index (χ1v) is 5.62. The lowest BCUT2D eigenvalue weighted by molar-refractivity contribution is -0.131. The maximum absolute atomic E-state index is 11.7. The van der Waals surface area contributed by atoms with Gasteiger partial charge in [0, 0.05) is 26.7 Å². The van der Waals surface area contributed by atoms with E-state index in [2.05, 4.69) is 19.2 Å². The van der Waals surface area contributed by atoms with Gasteiger partial charge in [-0.05, 0) is 12.8 Å². The van der Waals surface area contributed by atoms with Gasteiger partial charge in [0.15, 0.2) is 0 Å². The Hall–Kier alpha value is -0.610. The molecule has 15 heavy (non-hydrogen) atoms. The molecule has 0 saturated heterocycles. The van der Waals surface area contributed by atoms with Gasteiger partial charge in [-0.15, -0.1) is 0 Å². The number of ether oxygens (including phenoxy) is 1. The van der Waals surface area contributed by atoms with E-state index in [-0.39, 0.29) is 5.91 Å². The van der Waals surface area contributed by atoms with Crippen molar-refractivity contribution in [1.29, 1.82) is 0 Å². The maximum atomic E-state index is 11.7. The number of hydrogen-bond donors (Lipinski definition) is 1. The van der Waals surface area contributed by atoms with Crippen LogP contribution in [0.1, 0.15) is 26.7 Å². The van der Waals surface area contributed by atoms with Crippen LogP contribution in [0.4, 0.5) is 0 Å². The number of carbonyl (C=O) groups is 1. The SMILES string of the molecule is CCC(CC)N(C)C(=O)CNCCOC. The van der Waals surface area contributed by atoms with E-state index in [1.165, 1.54) is 0 Å². The number of nitrogens with one attached hydrogen (secondary N) is 1. The highest BCUT2D eigenvalue weighted by molar-refractivity contribution is 5.78. The molecule has 0 aliphatic heterocycles. The normalized spacial score (nSPS) is 10.7. The minimum Gasteiger partial charge on any atom is -0.383 e. The molecule has 0 unspecified atom stereocenters. The highest BCUT2D eigenvalue weighted by Gasteiger charge is 2.15. The van der Waals surface area contributed by atoms with Gasteiger partial charge in [-0.1, -0.05) is 13.8 Å². The summed E-state index contributed by atoms with van der Waals surface area (Å²) in [4.78, 5) is 13.5. The van der Waals surface area contributed by atoms with E-state index >= 15 is 0 Å². The molecule has 4 nitrogen and oxygen atoms in total. The number of likely N-dealkylation sites (N-methyl/N-ethyl adjacent to an activating group) is 1. The van der Waals surface area contributed by atoms with Gasteiger partial charge in [-0.2, -0.15) is 0 Å². The molecular formula is C11H24N2O2. The molecule has 0 saturated carbocycles. The highest BCUT2D eigenvalue weighted by atomic mass is 16.5. The van der Waals surface area contributed by atoms with Gasteiger partial charge in [0.2, 0.25) is 5.91 Å². The van der Waals surface area contributed by atoms with E-state index in [1.807, 2.05) is 11.9 Å². The van der Waals surface area contributed by atoms with E-state index in [4.69, 9.17) is 4.74 Å². The van der Waals surface area contributed by atoms with Crippen LogP contribution in [0.25, 0.3) is 0 Å². The number of methoxy groups -OCH3 is 1. The topological polar surface area (TPSA) is 41.6 Å². The summed E-state index contributed by atoms with van der Waals surface area (Å²) in [6.45, 7) is 5.98. The minimum atomic E-state index is 0.153. The zero-order valence-electron chi connectivity index (χ0n) is 10.4. The van der Waals surface area contributed by atoms with Crippen LogP contribution >= 0.6 is 0 Å². The zero-order valence-corrected chi connectivity index (χ0v) is 10.4. The number of carbonyl (C=O) groups excluding carboxylic acids is 1. The molecule has 0 radical (unpaired) electrons. The summed E-state index contributed by atoms with van der Waals surface area (Å²) in [6, 6.07) is 0.363. The van der Waals surface area contributed by atoms with Gasteiger partial charge in [0.05, 0.1) is 13.2 Å². The van der Waals surface area contributed by atoms with Crippen LogP contribution in [0.15, 0.2) is 0 Å². The van der Waals surface area contributed by atoms with E-state index < -0.39 is 0 Å². The molecule has 1 N–H and O–H groups in total. The summed E-state index contributed by atoms with van der Waals surface area (Å²) >= 11 is 0. The fourth-order valence-electron chi connectivity index (χ4n) is 1.53. The Morgan fingerprint density at radius 3 is 2.47 bits per heavy atom. The highest BCUT2D eigenvalue weighted by Crippen LogP contribution is 2.05. The van der Waals surface area contributed by atoms with Crippen LogP contribution in [-0.4, -0.2) is 50.7 Å². The lowest BCUT2D eigenvalue weighted by Crippen LogP contribution is -2.42. The number of hydrogen-bond acceptors (Lipinski definition) is 3. The monoisotopic (exact) mass is 216 g/mol. The molecule has 0 fully saturated rings. The van der Waals surface area contributed by atoms with Crippen LogP contribution in [0.3, 0.4) is 0 Å². The molecule has 0 bridgehead atoms. The Balaban J connectivity index is 3.77. The molecule has 0 rings (SSSR count). The van der Waals surface area contributed by atoms with Crippen molar-refractivity contribution in [2.75, 3.05) is 33.9 Å². The van der Waals surface area contributed by atoms with Gasteiger partial charge < -0.3 is 15.0 Å². The first kappa shape index (κ1) is 14.4.